The Morgan fingerprint density at radius 1 is 1.33 bits per heavy atom. The first-order valence-corrected chi connectivity index (χ1v) is 7.60. The standard InChI is InChI=1S/C14H21NO2S/c1-3-4-5-12(14(15)16)10-18(17)13-8-6-11(2)7-9-13/h6-9,12H,3-5,10H2,1-2H3,(H2,15,16)/t12-,18?/m0/s1. The SMILES string of the molecule is CCCC[C@@H](CS(=O)c1ccc(C)cc1)C(N)=O. The lowest BCUT2D eigenvalue weighted by Crippen LogP contribution is -2.28. The lowest BCUT2D eigenvalue weighted by Gasteiger charge is -2.12. The summed E-state index contributed by atoms with van der Waals surface area (Å²) in [6.45, 7) is 4.05. The lowest BCUT2D eigenvalue weighted by molar-refractivity contribution is -0.121. The Morgan fingerprint density at radius 3 is 2.44 bits per heavy atom. The fourth-order valence-electron chi connectivity index (χ4n) is 1.73. The first kappa shape index (κ1) is 14.9. The fourth-order valence-corrected chi connectivity index (χ4v) is 3.06. The maximum Gasteiger partial charge on any atom is 0.221 e. The van der Waals surface area contributed by atoms with Gasteiger partial charge >= 0.3 is 0 Å². The second kappa shape index (κ2) is 7.31. The molecule has 2 atom stereocenters. The molecule has 1 aromatic carbocycles. The van der Waals surface area contributed by atoms with Crippen molar-refractivity contribution in [2.75, 3.05) is 5.75 Å². The van der Waals surface area contributed by atoms with E-state index in [0.29, 0.717) is 5.75 Å². The minimum atomic E-state index is -1.15. The Labute approximate surface area is 111 Å². The van der Waals surface area contributed by atoms with Crippen LogP contribution in [0.5, 0.6) is 0 Å². The highest BCUT2D eigenvalue weighted by atomic mass is 32.2. The predicted molar refractivity (Wildman–Crippen MR) is 74.7 cm³/mol. The van der Waals surface area contributed by atoms with Crippen LogP contribution >= 0.6 is 0 Å². The molecule has 0 radical (unpaired) electrons. The summed E-state index contributed by atoms with van der Waals surface area (Å²) in [5.41, 5.74) is 6.49. The number of aryl methyl sites for hydroxylation is 1. The maximum absolute atomic E-state index is 12.1. The van der Waals surface area contributed by atoms with E-state index >= 15 is 0 Å². The van der Waals surface area contributed by atoms with E-state index in [4.69, 9.17) is 5.73 Å². The average molecular weight is 267 g/mol. The van der Waals surface area contributed by atoms with E-state index < -0.39 is 10.8 Å². The molecule has 0 aromatic heterocycles. The van der Waals surface area contributed by atoms with Gasteiger partial charge in [-0.1, -0.05) is 37.5 Å². The Morgan fingerprint density at radius 2 is 1.94 bits per heavy atom. The number of hydrogen-bond donors (Lipinski definition) is 1. The van der Waals surface area contributed by atoms with Gasteiger partial charge in [-0.25, -0.2) is 0 Å². The molecule has 0 saturated heterocycles. The second-order valence-electron chi connectivity index (χ2n) is 4.57. The van der Waals surface area contributed by atoms with Gasteiger partial charge in [-0.15, -0.1) is 0 Å². The zero-order valence-electron chi connectivity index (χ0n) is 11.0. The van der Waals surface area contributed by atoms with Gasteiger partial charge in [0.2, 0.25) is 5.91 Å². The van der Waals surface area contributed by atoms with Gasteiger partial charge in [-0.3, -0.25) is 9.00 Å². The number of unbranched alkanes of at least 4 members (excludes halogenated alkanes) is 1. The molecule has 0 fully saturated rings. The van der Waals surface area contributed by atoms with Crippen molar-refractivity contribution in [1.29, 1.82) is 0 Å². The predicted octanol–water partition coefficient (Wildman–Crippen LogP) is 2.39. The summed E-state index contributed by atoms with van der Waals surface area (Å²) in [5.74, 6) is -0.297. The van der Waals surface area contributed by atoms with Crippen LogP contribution in [0.3, 0.4) is 0 Å². The summed E-state index contributed by atoms with van der Waals surface area (Å²) < 4.78 is 12.1. The van der Waals surface area contributed by atoms with E-state index in [1.807, 2.05) is 31.2 Å². The van der Waals surface area contributed by atoms with Crippen molar-refractivity contribution in [2.24, 2.45) is 11.7 Å². The minimum Gasteiger partial charge on any atom is -0.369 e. The molecule has 100 valence electrons. The monoisotopic (exact) mass is 267 g/mol. The first-order chi connectivity index (χ1) is 8.54. The van der Waals surface area contributed by atoms with Gasteiger partial charge in [0.15, 0.2) is 0 Å². The van der Waals surface area contributed by atoms with Crippen LogP contribution < -0.4 is 5.73 Å². The Balaban J connectivity index is 2.66. The molecule has 2 N–H and O–H groups in total. The van der Waals surface area contributed by atoms with Crippen LogP contribution in [-0.2, 0) is 15.6 Å². The van der Waals surface area contributed by atoms with Gasteiger partial charge in [0.25, 0.3) is 0 Å². The van der Waals surface area contributed by atoms with Crippen molar-refractivity contribution in [3.63, 3.8) is 0 Å². The van der Waals surface area contributed by atoms with Crippen molar-refractivity contribution in [1.82, 2.24) is 0 Å². The van der Waals surface area contributed by atoms with Crippen LogP contribution in [-0.4, -0.2) is 15.9 Å². The molecule has 1 aromatic rings. The molecule has 18 heavy (non-hydrogen) atoms. The third kappa shape index (κ3) is 4.61. The van der Waals surface area contributed by atoms with E-state index in [0.717, 1.165) is 29.7 Å². The molecule has 4 heteroatoms. The molecule has 0 aliphatic rings. The highest BCUT2D eigenvalue weighted by molar-refractivity contribution is 7.85. The number of carbonyl (C=O) groups is 1. The zero-order chi connectivity index (χ0) is 13.5. The summed E-state index contributed by atoms with van der Waals surface area (Å²) >= 11 is 0. The van der Waals surface area contributed by atoms with Crippen LogP contribution in [0, 0.1) is 12.8 Å². The van der Waals surface area contributed by atoms with Crippen molar-refractivity contribution in [3.8, 4) is 0 Å². The van der Waals surface area contributed by atoms with Gasteiger partial charge in [0.05, 0.1) is 10.8 Å². The molecular weight excluding hydrogens is 246 g/mol. The highest BCUT2D eigenvalue weighted by Gasteiger charge is 2.18. The molecule has 0 bridgehead atoms. The van der Waals surface area contributed by atoms with Gasteiger partial charge in [0, 0.05) is 16.6 Å². The van der Waals surface area contributed by atoms with Gasteiger partial charge in [-0.2, -0.15) is 0 Å². The summed E-state index contributed by atoms with van der Waals surface area (Å²) in [4.78, 5) is 12.1. The summed E-state index contributed by atoms with van der Waals surface area (Å²) in [6, 6.07) is 7.56. The number of nitrogens with two attached hydrogens (primary N) is 1. The Hall–Kier alpha value is -1.16. The van der Waals surface area contributed by atoms with Crippen LogP contribution in [0.1, 0.15) is 31.7 Å². The van der Waals surface area contributed by atoms with Crippen LogP contribution in [0.4, 0.5) is 0 Å². The minimum absolute atomic E-state index is 0.285. The van der Waals surface area contributed by atoms with E-state index in [1.165, 1.54) is 0 Å². The quantitative estimate of drug-likeness (QED) is 0.824. The Bertz CT molecular complexity index is 414. The lowest BCUT2D eigenvalue weighted by atomic mass is 10.0. The smallest absolute Gasteiger partial charge is 0.221 e. The Kier molecular flexibility index (Phi) is 6.05. The molecule has 3 nitrogen and oxygen atoms in total. The average Bonchev–Trinajstić information content (AvgIpc) is 2.34. The topological polar surface area (TPSA) is 60.2 Å². The number of benzene rings is 1. The van der Waals surface area contributed by atoms with Crippen molar-refractivity contribution in [3.05, 3.63) is 29.8 Å². The van der Waals surface area contributed by atoms with Gasteiger partial charge < -0.3 is 5.73 Å². The van der Waals surface area contributed by atoms with Crippen LogP contribution in [0.25, 0.3) is 0 Å². The van der Waals surface area contributed by atoms with Gasteiger partial charge in [-0.05, 0) is 25.5 Å². The largest absolute Gasteiger partial charge is 0.369 e. The number of carbonyl (C=O) groups excluding carboxylic acids is 1. The highest BCUT2D eigenvalue weighted by Crippen LogP contribution is 2.15. The van der Waals surface area contributed by atoms with E-state index in [9.17, 15) is 9.00 Å². The molecule has 1 amide bonds. The summed E-state index contributed by atoms with van der Waals surface area (Å²) in [6.07, 6.45) is 2.68. The van der Waals surface area contributed by atoms with Crippen LogP contribution in [0.2, 0.25) is 0 Å². The maximum atomic E-state index is 12.1. The molecule has 0 heterocycles. The molecule has 0 saturated carbocycles. The summed E-state index contributed by atoms with van der Waals surface area (Å²) in [7, 11) is -1.15. The third-order valence-electron chi connectivity index (χ3n) is 2.94. The third-order valence-corrected chi connectivity index (χ3v) is 4.45. The van der Waals surface area contributed by atoms with Crippen molar-refractivity contribution >= 4 is 16.7 Å². The molecule has 0 aliphatic carbocycles. The number of primary amides is 1. The van der Waals surface area contributed by atoms with Crippen molar-refractivity contribution in [2.45, 2.75) is 38.0 Å². The number of rotatable bonds is 7. The number of hydrogen-bond acceptors (Lipinski definition) is 2. The zero-order valence-corrected chi connectivity index (χ0v) is 11.8. The number of amides is 1. The van der Waals surface area contributed by atoms with E-state index in [-0.39, 0.29) is 11.8 Å². The van der Waals surface area contributed by atoms with E-state index in [1.54, 1.807) is 0 Å². The molecule has 1 rings (SSSR count). The molecule has 0 aliphatic heterocycles. The van der Waals surface area contributed by atoms with Gasteiger partial charge in [0.1, 0.15) is 0 Å². The second-order valence-corrected chi connectivity index (χ2v) is 6.06. The van der Waals surface area contributed by atoms with E-state index in [2.05, 4.69) is 6.92 Å². The molecule has 1 unspecified atom stereocenters. The van der Waals surface area contributed by atoms with Crippen LogP contribution in [0.15, 0.2) is 29.2 Å². The fraction of sp³-hybridized carbons (Fsp3) is 0.500. The molecular formula is C14H21NO2S. The molecule has 0 spiro atoms. The van der Waals surface area contributed by atoms with Crippen molar-refractivity contribution < 1.29 is 9.00 Å². The summed E-state index contributed by atoms with van der Waals surface area (Å²) in [5, 5.41) is 0. The first-order valence-electron chi connectivity index (χ1n) is 6.29. The normalized spacial score (nSPS) is 14.1.